The van der Waals surface area contributed by atoms with E-state index in [0.29, 0.717) is 0 Å². The summed E-state index contributed by atoms with van der Waals surface area (Å²) in [6.07, 6.45) is 3.03. The molecule has 0 radical (unpaired) electrons. The van der Waals surface area contributed by atoms with Crippen molar-refractivity contribution in [3.63, 3.8) is 0 Å². The smallest absolute Gasteiger partial charge is 0.0905 e. The highest BCUT2D eigenvalue weighted by Gasteiger charge is 1.78. The molecule has 66 valence electrons. The summed E-state index contributed by atoms with van der Waals surface area (Å²) in [7, 11) is 0. The van der Waals surface area contributed by atoms with Gasteiger partial charge in [0.1, 0.15) is 0 Å². The Labute approximate surface area is 83.6 Å². The van der Waals surface area contributed by atoms with E-state index in [9.17, 15) is 0 Å². The van der Waals surface area contributed by atoms with Crippen LogP contribution in [0.3, 0.4) is 0 Å². The quantitative estimate of drug-likeness (QED) is 0.623. The van der Waals surface area contributed by atoms with E-state index in [1.54, 1.807) is 6.07 Å². The normalized spacial score (nSPS) is 8.31. The second-order valence-electron chi connectivity index (χ2n) is 2.04. The summed E-state index contributed by atoms with van der Waals surface area (Å²) in [5.41, 5.74) is 2.64. The van der Waals surface area contributed by atoms with Crippen molar-refractivity contribution in [2.45, 2.75) is 0 Å². The Hall–Kier alpha value is -1.52. The van der Waals surface area contributed by atoms with Crippen LogP contribution in [0.1, 0.15) is 5.56 Å². The molecular weight excluding hydrogens is 182 g/mol. The van der Waals surface area contributed by atoms with Gasteiger partial charge in [-0.05, 0) is 11.6 Å². The highest BCUT2D eigenvalue weighted by atomic mass is 35.5. The Bertz CT molecular complexity index is 296. The van der Waals surface area contributed by atoms with E-state index in [1.165, 1.54) is 11.6 Å². The number of nitrogens with zero attached hydrogens (tertiary/aromatic N) is 1. The Morgan fingerprint density at radius 1 is 1.31 bits per heavy atom. The molecule has 0 heterocycles. The van der Waals surface area contributed by atoms with Crippen molar-refractivity contribution < 1.29 is 0 Å². The maximum absolute atomic E-state index is 7.51. The van der Waals surface area contributed by atoms with Crippen LogP contribution >= 0.6 is 11.6 Å². The maximum Gasteiger partial charge on any atom is 0.0905 e. The Kier molecular flexibility index (Phi) is 7.57. The largest absolute Gasteiger partial charge is 0.193 e. The molecule has 0 aliphatic rings. The fourth-order valence-electron chi connectivity index (χ4n) is 0.637. The zero-order valence-corrected chi connectivity index (χ0v) is 7.91. The predicted octanol–water partition coefficient (Wildman–Crippen LogP) is 3.59. The lowest BCUT2D eigenvalue weighted by atomic mass is 10.2. The number of rotatable bonds is 1. The van der Waals surface area contributed by atoms with Gasteiger partial charge in [0.15, 0.2) is 0 Å². The van der Waals surface area contributed by atoms with Gasteiger partial charge in [0.25, 0.3) is 0 Å². The molecule has 0 unspecified atom stereocenters. The number of benzene rings is 1. The van der Waals surface area contributed by atoms with Crippen molar-refractivity contribution in [3.8, 4) is 6.07 Å². The van der Waals surface area contributed by atoms with E-state index >= 15 is 0 Å². The molecule has 1 aromatic rings. The Morgan fingerprint density at radius 2 is 1.85 bits per heavy atom. The summed E-state index contributed by atoms with van der Waals surface area (Å²) in [4.78, 5) is 0. The van der Waals surface area contributed by atoms with Gasteiger partial charge in [0.05, 0.1) is 6.07 Å². The van der Waals surface area contributed by atoms with Gasteiger partial charge in [-0.1, -0.05) is 48.5 Å². The predicted molar refractivity (Wildman–Crippen MR) is 57.1 cm³/mol. The summed E-state index contributed by atoms with van der Waals surface area (Å²) in [5.74, 6) is 0. The number of hydrogen-bond acceptors (Lipinski definition) is 1. The van der Waals surface area contributed by atoms with E-state index < -0.39 is 0 Å². The third kappa shape index (κ3) is 6.86. The Balaban J connectivity index is 0.000000310. The van der Waals surface area contributed by atoms with Gasteiger partial charge in [0, 0.05) is 11.6 Å². The number of nitriles is 1. The van der Waals surface area contributed by atoms with E-state index in [2.05, 4.69) is 6.58 Å². The second-order valence-corrected chi connectivity index (χ2v) is 2.29. The van der Waals surface area contributed by atoms with Crippen LogP contribution in [0.4, 0.5) is 0 Å². The molecule has 13 heavy (non-hydrogen) atoms. The topological polar surface area (TPSA) is 23.8 Å². The first-order valence-corrected chi connectivity index (χ1v) is 4.11. The average Bonchev–Trinajstić information content (AvgIpc) is 2.20. The van der Waals surface area contributed by atoms with Gasteiger partial charge < -0.3 is 0 Å². The van der Waals surface area contributed by atoms with Gasteiger partial charge in [0.2, 0.25) is 0 Å². The molecule has 0 atom stereocenters. The zero-order chi connectivity index (χ0) is 9.94. The third-order valence-electron chi connectivity index (χ3n) is 1.15. The molecule has 0 amide bonds. The van der Waals surface area contributed by atoms with Crippen LogP contribution in [-0.4, -0.2) is 0 Å². The summed E-state index contributed by atoms with van der Waals surface area (Å²) in [5, 5.41) is 7.51. The first-order chi connectivity index (χ1) is 6.35. The van der Waals surface area contributed by atoms with Crippen LogP contribution in [0.15, 0.2) is 48.5 Å². The summed E-state index contributed by atoms with van der Waals surface area (Å²) in [6, 6.07) is 11.6. The van der Waals surface area contributed by atoms with Crippen molar-refractivity contribution in [1.29, 1.82) is 5.26 Å². The SMILES string of the molecule is C=CC#N.ClC=Cc1ccccc1. The average molecular weight is 192 g/mol. The van der Waals surface area contributed by atoms with Crippen LogP contribution in [0.5, 0.6) is 0 Å². The maximum atomic E-state index is 7.51. The van der Waals surface area contributed by atoms with Gasteiger partial charge >= 0.3 is 0 Å². The molecule has 0 aromatic heterocycles. The van der Waals surface area contributed by atoms with Crippen molar-refractivity contribution in [2.24, 2.45) is 0 Å². The van der Waals surface area contributed by atoms with E-state index in [0.717, 1.165) is 5.56 Å². The Morgan fingerprint density at radius 3 is 2.23 bits per heavy atom. The molecule has 0 bridgehead atoms. The summed E-state index contributed by atoms with van der Waals surface area (Å²) < 4.78 is 0. The second kappa shape index (κ2) is 8.58. The molecule has 0 aliphatic heterocycles. The third-order valence-corrected chi connectivity index (χ3v) is 1.27. The molecule has 0 saturated heterocycles. The van der Waals surface area contributed by atoms with E-state index in [1.807, 2.05) is 36.4 Å². The van der Waals surface area contributed by atoms with Crippen LogP contribution < -0.4 is 0 Å². The van der Waals surface area contributed by atoms with Crippen LogP contribution in [-0.2, 0) is 0 Å². The lowest BCUT2D eigenvalue weighted by molar-refractivity contribution is 1.54. The highest BCUT2D eigenvalue weighted by molar-refractivity contribution is 6.27. The molecule has 1 rings (SSSR count). The summed E-state index contributed by atoms with van der Waals surface area (Å²) >= 11 is 5.36. The number of allylic oxidation sites excluding steroid dienone is 1. The van der Waals surface area contributed by atoms with Gasteiger partial charge in [-0.3, -0.25) is 0 Å². The first kappa shape index (κ1) is 11.5. The fraction of sp³-hybridized carbons (Fsp3) is 0. The van der Waals surface area contributed by atoms with Crippen molar-refractivity contribution in [3.05, 3.63) is 54.1 Å². The molecule has 0 N–H and O–H groups in total. The molecule has 0 aliphatic carbocycles. The molecule has 1 nitrogen and oxygen atoms in total. The van der Waals surface area contributed by atoms with Gasteiger partial charge in [-0.25, -0.2) is 0 Å². The first-order valence-electron chi connectivity index (χ1n) is 3.67. The molecule has 0 fully saturated rings. The molecule has 1 aromatic carbocycles. The monoisotopic (exact) mass is 191 g/mol. The van der Waals surface area contributed by atoms with E-state index in [-0.39, 0.29) is 0 Å². The minimum absolute atomic E-state index is 1.13. The van der Waals surface area contributed by atoms with Gasteiger partial charge in [-0.15, -0.1) is 0 Å². The highest BCUT2D eigenvalue weighted by Crippen LogP contribution is 2.00. The lowest BCUT2D eigenvalue weighted by Crippen LogP contribution is -1.64. The van der Waals surface area contributed by atoms with Crippen LogP contribution in [0.25, 0.3) is 6.08 Å². The summed E-state index contributed by atoms with van der Waals surface area (Å²) in [6.45, 7) is 3.12. The van der Waals surface area contributed by atoms with Gasteiger partial charge in [-0.2, -0.15) is 5.26 Å². The van der Waals surface area contributed by atoms with Crippen LogP contribution in [0, 0.1) is 11.3 Å². The molecule has 2 heteroatoms. The standard InChI is InChI=1S/C8H7Cl.C3H3N/c9-7-6-8-4-2-1-3-5-8;1-2-3-4/h1-7H;2H,1H2. The van der Waals surface area contributed by atoms with Crippen molar-refractivity contribution in [1.82, 2.24) is 0 Å². The minimum Gasteiger partial charge on any atom is -0.193 e. The minimum atomic E-state index is 1.13. The number of halogens is 1. The molecule has 0 spiro atoms. The molecule has 0 saturated carbocycles. The molecular formula is C11H10ClN. The zero-order valence-electron chi connectivity index (χ0n) is 7.15. The lowest BCUT2D eigenvalue weighted by Gasteiger charge is -1.86. The van der Waals surface area contributed by atoms with Crippen LogP contribution in [0.2, 0.25) is 0 Å². The van der Waals surface area contributed by atoms with E-state index in [4.69, 9.17) is 16.9 Å². The number of hydrogen-bond donors (Lipinski definition) is 0. The van der Waals surface area contributed by atoms with Crippen molar-refractivity contribution >= 4 is 17.7 Å². The van der Waals surface area contributed by atoms with Crippen molar-refractivity contribution in [2.75, 3.05) is 0 Å². The fourth-order valence-corrected chi connectivity index (χ4v) is 0.782.